The van der Waals surface area contributed by atoms with Gasteiger partial charge in [-0.1, -0.05) is 24.3 Å². The van der Waals surface area contributed by atoms with Gasteiger partial charge in [0, 0.05) is 26.2 Å². The maximum Gasteiger partial charge on any atom is 0.232 e. The van der Waals surface area contributed by atoms with Gasteiger partial charge in [-0.2, -0.15) is 11.8 Å². The highest BCUT2D eigenvalue weighted by Gasteiger charge is 2.25. The number of rotatable bonds is 4. The van der Waals surface area contributed by atoms with E-state index in [4.69, 9.17) is 0 Å². The largest absolute Gasteiger partial charge is 0.343 e. The van der Waals surface area contributed by atoms with E-state index in [0.29, 0.717) is 11.8 Å². The van der Waals surface area contributed by atoms with E-state index in [2.05, 4.69) is 36.2 Å². The number of carbonyl (C=O) groups excluding carboxylic acids is 1. The first kappa shape index (κ1) is 14.4. The molecule has 1 aromatic carbocycles. The van der Waals surface area contributed by atoms with Crippen molar-refractivity contribution < 1.29 is 4.79 Å². The standard InChI is InChI=1S/C15H22N2OS/c1-16-9-13-7-5-4-6-12(13)8-14(16)10-17(2)15(18)11-19-3/h4-7,14H,8-11H2,1-3H3/t14-/m1/s1. The predicted octanol–water partition coefficient (Wildman–Crippen LogP) is 1.86. The number of nitrogens with zero attached hydrogens (tertiary/aromatic N) is 2. The van der Waals surface area contributed by atoms with Crippen molar-refractivity contribution in [1.82, 2.24) is 9.80 Å². The summed E-state index contributed by atoms with van der Waals surface area (Å²) in [5.74, 6) is 0.795. The van der Waals surface area contributed by atoms with Crippen molar-refractivity contribution in [3.63, 3.8) is 0 Å². The van der Waals surface area contributed by atoms with Crippen molar-refractivity contribution in [2.45, 2.75) is 19.0 Å². The molecule has 0 spiro atoms. The van der Waals surface area contributed by atoms with Gasteiger partial charge in [-0.3, -0.25) is 9.69 Å². The number of thioether (sulfide) groups is 1. The summed E-state index contributed by atoms with van der Waals surface area (Å²) >= 11 is 1.58. The number of hydrogen-bond donors (Lipinski definition) is 0. The summed E-state index contributed by atoms with van der Waals surface area (Å²) in [4.78, 5) is 16.1. The maximum absolute atomic E-state index is 11.9. The van der Waals surface area contributed by atoms with Crippen LogP contribution in [0.1, 0.15) is 11.1 Å². The van der Waals surface area contributed by atoms with Crippen molar-refractivity contribution in [1.29, 1.82) is 0 Å². The highest BCUT2D eigenvalue weighted by Crippen LogP contribution is 2.22. The summed E-state index contributed by atoms with van der Waals surface area (Å²) in [6.45, 7) is 1.79. The molecule has 1 aliphatic rings. The molecule has 4 heteroatoms. The third-order valence-electron chi connectivity index (χ3n) is 3.80. The Kier molecular flexibility index (Phi) is 4.88. The number of fused-ring (bicyclic) bond motifs is 1. The van der Waals surface area contributed by atoms with Gasteiger partial charge in [-0.25, -0.2) is 0 Å². The van der Waals surface area contributed by atoms with Crippen LogP contribution in [-0.2, 0) is 17.8 Å². The van der Waals surface area contributed by atoms with E-state index >= 15 is 0 Å². The van der Waals surface area contributed by atoms with Crippen LogP contribution in [-0.4, -0.2) is 54.4 Å². The van der Waals surface area contributed by atoms with E-state index < -0.39 is 0 Å². The van der Waals surface area contributed by atoms with Crippen LogP contribution in [0.25, 0.3) is 0 Å². The van der Waals surface area contributed by atoms with E-state index in [1.807, 2.05) is 18.2 Å². The Morgan fingerprint density at radius 3 is 2.79 bits per heavy atom. The second-order valence-electron chi connectivity index (χ2n) is 5.25. The van der Waals surface area contributed by atoms with Crippen LogP contribution >= 0.6 is 11.8 Å². The lowest BCUT2D eigenvalue weighted by Crippen LogP contribution is -2.46. The van der Waals surface area contributed by atoms with E-state index in [9.17, 15) is 4.79 Å². The molecule has 1 amide bonds. The van der Waals surface area contributed by atoms with Crippen molar-refractivity contribution >= 4 is 17.7 Å². The fraction of sp³-hybridized carbons (Fsp3) is 0.533. The Balaban J connectivity index is 2.00. The molecule has 0 aromatic heterocycles. The number of amides is 1. The first-order valence-electron chi connectivity index (χ1n) is 6.61. The zero-order valence-corrected chi connectivity index (χ0v) is 12.7. The normalized spacial score (nSPS) is 19.0. The molecule has 0 saturated heterocycles. The Morgan fingerprint density at radius 2 is 2.11 bits per heavy atom. The van der Waals surface area contributed by atoms with Crippen LogP contribution < -0.4 is 0 Å². The summed E-state index contributed by atoms with van der Waals surface area (Å²) in [6.07, 6.45) is 3.00. The molecule has 0 radical (unpaired) electrons. The van der Waals surface area contributed by atoms with E-state index in [1.165, 1.54) is 11.1 Å². The molecule has 0 N–H and O–H groups in total. The molecule has 104 valence electrons. The van der Waals surface area contributed by atoms with E-state index in [1.54, 1.807) is 11.8 Å². The van der Waals surface area contributed by atoms with Crippen LogP contribution in [0.2, 0.25) is 0 Å². The average Bonchev–Trinajstić information content (AvgIpc) is 2.39. The summed E-state index contributed by atoms with van der Waals surface area (Å²) in [5.41, 5.74) is 2.84. The van der Waals surface area contributed by atoms with E-state index in [-0.39, 0.29) is 5.91 Å². The van der Waals surface area contributed by atoms with Gasteiger partial charge in [-0.05, 0) is 30.9 Å². The van der Waals surface area contributed by atoms with Gasteiger partial charge in [0.15, 0.2) is 0 Å². The summed E-state index contributed by atoms with van der Waals surface area (Å²) in [7, 11) is 4.06. The van der Waals surface area contributed by atoms with Gasteiger partial charge in [0.1, 0.15) is 0 Å². The van der Waals surface area contributed by atoms with Crippen molar-refractivity contribution in [3.05, 3.63) is 35.4 Å². The zero-order valence-electron chi connectivity index (χ0n) is 11.9. The second kappa shape index (κ2) is 6.44. The first-order valence-corrected chi connectivity index (χ1v) is 8.01. The molecule has 2 rings (SSSR count). The Labute approximate surface area is 120 Å². The first-order chi connectivity index (χ1) is 9.11. The van der Waals surface area contributed by atoms with Crippen molar-refractivity contribution in [2.75, 3.05) is 32.6 Å². The topological polar surface area (TPSA) is 23.6 Å². The minimum Gasteiger partial charge on any atom is -0.343 e. The Hall–Kier alpha value is -1.00. The lowest BCUT2D eigenvalue weighted by molar-refractivity contribution is -0.127. The molecule has 1 atom stereocenters. The fourth-order valence-corrected chi connectivity index (χ4v) is 3.04. The molecule has 0 saturated carbocycles. The third kappa shape index (κ3) is 3.51. The lowest BCUT2D eigenvalue weighted by Gasteiger charge is -2.36. The van der Waals surface area contributed by atoms with Gasteiger partial charge < -0.3 is 4.90 Å². The zero-order chi connectivity index (χ0) is 13.8. The minimum atomic E-state index is 0.222. The average molecular weight is 278 g/mol. The highest BCUT2D eigenvalue weighted by molar-refractivity contribution is 7.99. The number of likely N-dealkylation sites (N-methyl/N-ethyl adjacent to an activating group) is 2. The van der Waals surface area contributed by atoms with Crippen molar-refractivity contribution in [2.24, 2.45) is 0 Å². The second-order valence-corrected chi connectivity index (χ2v) is 6.12. The van der Waals surface area contributed by atoms with Crippen LogP contribution in [0, 0.1) is 0 Å². The van der Waals surface area contributed by atoms with Gasteiger partial charge in [0.05, 0.1) is 5.75 Å². The smallest absolute Gasteiger partial charge is 0.232 e. The molecule has 1 heterocycles. The predicted molar refractivity (Wildman–Crippen MR) is 81.4 cm³/mol. The molecule has 0 aliphatic carbocycles. The van der Waals surface area contributed by atoms with Gasteiger partial charge in [0.25, 0.3) is 0 Å². The molecule has 1 aliphatic heterocycles. The third-order valence-corrected chi connectivity index (χ3v) is 4.33. The molecule has 3 nitrogen and oxygen atoms in total. The molecule has 1 aromatic rings. The van der Waals surface area contributed by atoms with Crippen LogP contribution in [0.4, 0.5) is 0 Å². The Bertz CT molecular complexity index is 450. The van der Waals surface area contributed by atoms with Crippen molar-refractivity contribution in [3.8, 4) is 0 Å². The van der Waals surface area contributed by atoms with Gasteiger partial charge in [-0.15, -0.1) is 0 Å². The van der Waals surface area contributed by atoms with Gasteiger partial charge in [0.2, 0.25) is 5.91 Å². The molecule has 0 unspecified atom stereocenters. The van der Waals surface area contributed by atoms with E-state index in [0.717, 1.165) is 19.5 Å². The quantitative estimate of drug-likeness (QED) is 0.840. The molecular weight excluding hydrogens is 256 g/mol. The van der Waals surface area contributed by atoms with Crippen LogP contribution in [0.15, 0.2) is 24.3 Å². The molecule has 19 heavy (non-hydrogen) atoms. The molecular formula is C15H22N2OS. The minimum absolute atomic E-state index is 0.222. The summed E-state index contributed by atoms with van der Waals surface area (Å²) in [5, 5.41) is 0. The number of benzene rings is 1. The molecule has 0 bridgehead atoms. The highest BCUT2D eigenvalue weighted by atomic mass is 32.2. The summed E-state index contributed by atoms with van der Waals surface area (Å²) in [6, 6.07) is 9.03. The monoisotopic (exact) mass is 278 g/mol. The number of carbonyl (C=O) groups is 1. The molecule has 0 fully saturated rings. The fourth-order valence-electron chi connectivity index (χ4n) is 2.57. The van der Waals surface area contributed by atoms with Crippen LogP contribution in [0.5, 0.6) is 0 Å². The summed E-state index contributed by atoms with van der Waals surface area (Å²) < 4.78 is 0. The van der Waals surface area contributed by atoms with Crippen LogP contribution in [0.3, 0.4) is 0 Å². The SMILES string of the molecule is CSCC(=O)N(C)C[C@H]1Cc2ccccc2CN1C. The lowest BCUT2D eigenvalue weighted by atomic mass is 9.94. The number of hydrogen-bond acceptors (Lipinski definition) is 3. The van der Waals surface area contributed by atoms with Gasteiger partial charge >= 0.3 is 0 Å². The maximum atomic E-state index is 11.9. The Morgan fingerprint density at radius 1 is 1.42 bits per heavy atom.